The predicted molar refractivity (Wildman–Crippen MR) is 104 cm³/mol. The number of carbonyl (C=O) groups excluding carboxylic acids is 4. The van der Waals surface area contributed by atoms with Crippen LogP contribution in [0.1, 0.15) is 22.3 Å². The molecule has 2 aromatic rings. The van der Waals surface area contributed by atoms with E-state index in [0.29, 0.717) is 10.5 Å². The summed E-state index contributed by atoms with van der Waals surface area (Å²) in [6, 6.07) is 12.3. The Labute approximate surface area is 165 Å². The van der Waals surface area contributed by atoms with Crippen molar-refractivity contribution in [2.75, 3.05) is 6.54 Å². The standard InChI is InChI=1S/C19H16N4O4S/c24-16(21-22-17(25)14-7-4-9-20-12-14)8-10-23-18(26)15(28-19(23)27)11-13-5-2-1-3-6-13/h1-7,9,11-12H,8,10H2,(H,21,24)(H,22,25). The fraction of sp³-hybridized carbons (Fsp3) is 0.105. The van der Waals surface area contributed by atoms with Crippen LogP contribution in [0.2, 0.25) is 0 Å². The molecule has 9 heteroatoms. The molecule has 1 saturated heterocycles. The number of imide groups is 1. The maximum atomic E-state index is 12.4. The third-order valence-electron chi connectivity index (χ3n) is 3.77. The second-order valence-electron chi connectivity index (χ2n) is 5.74. The number of aromatic nitrogens is 1. The van der Waals surface area contributed by atoms with Crippen molar-refractivity contribution in [3.63, 3.8) is 0 Å². The van der Waals surface area contributed by atoms with Crippen LogP contribution in [0.4, 0.5) is 4.79 Å². The van der Waals surface area contributed by atoms with Gasteiger partial charge in [-0.15, -0.1) is 0 Å². The maximum absolute atomic E-state index is 12.4. The second-order valence-corrected chi connectivity index (χ2v) is 6.73. The summed E-state index contributed by atoms with van der Waals surface area (Å²) >= 11 is 0.834. The number of nitrogens with zero attached hydrogens (tertiary/aromatic N) is 2. The van der Waals surface area contributed by atoms with Gasteiger partial charge in [0, 0.05) is 25.4 Å². The Morgan fingerprint density at radius 3 is 2.57 bits per heavy atom. The Kier molecular flexibility index (Phi) is 6.18. The number of hydrazine groups is 1. The summed E-state index contributed by atoms with van der Waals surface area (Å²) in [6.07, 6.45) is 4.39. The summed E-state index contributed by atoms with van der Waals surface area (Å²) < 4.78 is 0. The molecule has 1 aromatic heterocycles. The lowest BCUT2D eigenvalue weighted by Crippen LogP contribution is -2.43. The van der Waals surface area contributed by atoms with Crippen LogP contribution in [0, 0.1) is 0 Å². The highest BCUT2D eigenvalue weighted by atomic mass is 32.2. The molecule has 3 rings (SSSR count). The lowest BCUT2D eigenvalue weighted by atomic mass is 10.2. The minimum Gasteiger partial charge on any atom is -0.273 e. The van der Waals surface area contributed by atoms with Gasteiger partial charge in [-0.1, -0.05) is 30.3 Å². The molecule has 8 nitrogen and oxygen atoms in total. The van der Waals surface area contributed by atoms with E-state index in [1.807, 2.05) is 30.3 Å². The number of nitrogens with one attached hydrogen (secondary N) is 2. The first-order valence-electron chi connectivity index (χ1n) is 8.34. The normalized spacial score (nSPS) is 15.0. The number of carbonyl (C=O) groups is 4. The molecular formula is C19H16N4O4S. The largest absolute Gasteiger partial charge is 0.293 e. The Balaban J connectivity index is 1.50. The number of pyridine rings is 1. The van der Waals surface area contributed by atoms with Crippen LogP contribution in [0.15, 0.2) is 59.8 Å². The van der Waals surface area contributed by atoms with E-state index in [9.17, 15) is 19.2 Å². The van der Waals surface area contributed by atoms with Gasteiger partial charge in [-0.3, -0.25) is 39.9 Å². The monoisotopic (exact) mass is 396 g/mol. The van der Waals surface area contributed by atoms with Crippen molar-refractivity contribution >= 4 is 40.8 Å². The zero-order valence-electron chi connectivity index (χ0n) is 14.6. The number of hydrogen-bond acceptors (Lipinski definition) is 6. The van der Waals surface area contributed by atoms with E-state index in [1.54, 1.807) is 18.2 Å². The highest BCUT2D eigenvalue weighted by molar-refractivity contribution is 8.18. The Morgan fingerprint density at radius 2 is 1.86 bits per heavy atom. The summed E-state index contributed by atoms with van der Waals surface area (Å²) in [5.41, 5.74) is 5.60. The van der Waals surface area contributed by atoms with Crippen LogP contribution in [-0.2, 0) is 9.59 Å². The third-order valence-corrected chi connectivity index (χ3v) is 4.68. The molecule has 2 heterocycles. The van der Waals surface area contributed by atoms with Crippen LogP contribution < -0.4 is 10.9 Å². The molecule has 2 N–H and O–H groups in total. The lowest BCUT2D eigenvalue weighted by Gasteiger charge is -2.12. The molecule has 1 aliphatic rings. The van der Waals surface area contributed by atoms with Gasteiger partial charge in [-0.2, -0.15) is 0 Å². The van der Waals surface area contributed by atoms with Gasteiger partial charge in [-0.25, -0.2) is 0 Å². The molecule has 1 aliphatic heterocycles. The predicted octanol–water partition coefficient (Wildman–Crippen LogP) is 1.97. The van der Waals surface area contributed by atoms with Crippen LogP contribution in [0.25, 0.3) is 6.08 Å². The smallest absolute Gasteiger partial charge is 0.273 e. The number of thioether (sulfide) groups is 1. The number of benzene rings is 1. The zero-order valence-corrected chi connectivity index (χ0v) is 15.4. The molecule has 1 aromatic carbocycles. The van der Waals surface area contributed by atoms with Crippen molar-refractivity contribution < 1.29 is 19.2 Å². The topological polar surface area (TPSA) is 108 Å². The van der Waals surface area contributed by atoms with E-state index < -0.39 is 23.0 Å². The van der Waals surface area contributed by atoms with Crippen molar-refractivity contribution in [3.8, 4) is 0 Å². The Morgan fingerprint density at radius 1 is 1.07 bits per heavy atom. The molecule has 1 fully saturated rings. The maximum Gasteiger partial charge on any atom is 0.293 e. The van der Waals surface area contributed by atoms with Crippen LogP contribution in [0.5, 0.6) is 0 Å². The molecule has 0 radical (unpaired) electrons. The van der Waals surface area contributed by atoms with Crippen LogP contribution in [0.3, 0.4) is 0 Å². The molecule has 0 bridgehead atoms. The van der Waals surface area contributed by atoms with Gasteiger partial charge in [0.2, 0.25) is 5.91 Å². The van der Waals surface area contributed by atoms with E-state index in [4.69, 9.17) is 0 Å². The van der Waals surface area contributed by atoms with E-state index in [1.165, 1.54) is 12.4 Å². The van der Waals surface area contributed by atoms with E-state index in [-0.39, 0.29) is 13.0 Å². The Bertz CT molecular complexity index is 931. The van der Waals surface area contributed by atoms with Crippen LogP contribution in [-0.4, -0.2) is 39.4 Å². The van der Waals surface area contributed by atoms with Crippen molar-refractivity contribution in [2.45, 2.75) is 6.42 Å². The quantitative estimate of drug-likeness (QED) is 0.591. The molecule has 0 spiro atoms. The van der Waals surface area contributed by atoms with Gasteiger partial charge in [-0.05, 0) is 35.5 Å². The number of amides is 4. The summed E-state index contributed by atoms with van der Waals surface area (Å²) in [5.74, 6) is -1.48. The van der Waals surface area contributed by atoms with Gasteiger partial charge in [0.15, 0.2) is 0 Å². The van der Waals surface area contributed by atoms with Gasteiger partial charge < -0.3 is 0 Å². The van der Waals surface area contributed by atoms with Crippen molar-refractivity contribution in [2.24, 2.45) is 0 Å². The fourth-order valence-corrected chi connectivity index (χ4v) is 3.23. The molecule has 28 heavy (non-hydrogen) atoms. The van der Waals surface area contributed by atoms with Gasteiger partial charge >= 0.3 is 0 Å². The first-order chi connectivity index (χ1) is 13.5. The highest BCUT2D eigenvalue weighted by Crippen LogP contribution is 2.32. The molecule has 4 amide bonds. The lowest BCUT2D eigenvalue weighted by molar-refractivity contribution is -0.124. The minimum atomic E-state index is -0.525. The van der Waals surface area contributed by atoms with Gasteiger partial charge in [0.1, 0.15) is 0 Å². The fourth-order valence-electron chi connectivity index (χ4n) is 2.36. The number of rotatable bonds is 5. The van der Waals surface area contributed by atoms with Gasteiger partial charge in [0.25, 0.3) is 17.1 Å². The van der Waals surface area contributed by atoms with Crippen molar-refractivity contribution in [1.29, 1.82) is 0 Å². The van der Waals surface area contributed by atoms with E-state index >= 15 is 0 Å². The summed E-state index contributed by atoms with van der Waals surface area (Å²) in [5, 5.41) is -0.431. The Hall–Kier alpha value is -3.46. The molecule has 0 atom stereocenters. The average molecular weight is 396 g/mol. The molecule has 142 valence electrons. The van der Waals surface area contributed by atoms with Crippen molar-refractivity contribution in [1.82, 2.24) is 20.7 Å². The first-order valence-corrected chi connectivity index (χ1v) is 9.16. The first kappa shape index (κ1) is 19.3. The second kappa shape index (κ2) is 8.96. The summed E-state index contributed by atoms with van der Waals surface area (Å²) in [4.78, 5) is 53.3. The van der Waals surface area contributed by atoms with Crippen LogP contribution >= 0.6 is 11.8 Å². The molecule has 0 aliphatic carbocycles. The number of hydrogen-bond donors (Lipinski definition) is 2. The van der Waals surface area contributed by atoms with Crippen molar-refractivity contribution in [3.05, 3.63) is 70.9 Å². The van der Waals surface area contributed by atoms with Gasteiger partial charge in [0.05, 0.1) is 10.5 Å². The average Bonchev–Trinajstić information content (AvgIpc) is 2.98. The molecule has 0 saturated carbocycles. The van der Waals surface area contributed by atoms with E-state index in [0.717, 1.165) is 22.2 Å². The molecule has 0 unspecified atom stereocenters. The zero-order chi connectivity index (χ0) is 19.9. The SMILES string of the molecule is O=C(CCN1C(=O)SC(=Cc2ccccc2)C1=O)NNC(=O)c1cccnc1. The summed E-state index contributed by atoms with van der Waals surface area (Å²) in [7, 11) is 0. The highest BCUT2D eigenvalue weighted by Gasteiger charge is 2.35. The molecular weight excluding hydrogens is 380 g/mol. The van der Waals surface area contributed by atoms with E-state index in [2.05, 4.69) is 15.8 Å². The third kappa shape index (κ3) is 4.83. The summed E-state index contributed by atoms with van der Waals surface area (Å²) in [6.45, 7) is -0.0780. The minimum absolute atomic E-state index is 0.0780.